The molecule has 1 aromatic heterocycles. The van der Waals surface area contributed by atoms with E-state index in [9.17, 15) is 9.18 Å². The van der Waals surface area contributed by atoms with Gasteiger partial charge in [-0.1, -0.05) is 17.3 Å². The minimum Gasteiger partial charge on any atom is -0.494 e. The maximum atomic E-state index is 13.1. The van der Waals surface area contributed by atoms with Crippen LogP contribution in [0.4, 0.5) is 4.39 Å². The van der Waals surface area contributed by atoms with Crippen LogP contribution in [0.5, 0.6) is 5.75 Å². The number of rotatable bonds is 6. The monoisotopic (exact) mass is 395 g/mol. The number of benzene rings is 2. The Bertz CT molecular complexity index is 970. The molecule has 1 aliphatic heterocycles. The van der Waals surface area contributed by atoms with Crippen LogP contribution in [0.3, 0.4) is 0 Å². The van der Waals surface area contributed by atoms with Crippen LogP contribution >= 0.6 is 0 Å². The lowest BCUT2D eigenvalue weighted by molar-refractivity contribution is -0.131. The zero-order valence-electron chi connectivity index (χ0n) is 16.2. The first kappa shape index (κ1) is 19.1. The van der Waals surface area contributed by atoms with E-state index in [0.717, 1.165) is 24.2 Å². The predicted molar refractivity (Wildman–Crippen MR) is 105 cm³/mol. The Morgan fingerprint density at radius 1 is 1.21 bits per heavy atom. The lowest BCUT2D eigenvalue weighted by Crippen LogP contribution is -2.32. The topological polar surface area (TPSA) is 68.5 Å². The lowest BCUT2D eigenvalue weighted by atomic mass is 10.1. The molecule has 29 heavy (non-hydrogen) atoms. The van der Waals surface area contributed by atoms with Crippen molar-refractivity contribution in [3.63, 3.8) is 0 Å². The molecule has 0 bridgehead atoms. The van der Waals surface area contributed by atoms with Crippen molar-refractivity contribution in [2.75, 3.05) is 13.2 Å². The van der Waals surface area contributed by atoms with E-state index in [1.54, 1.807) is 17.0 Å². The summed E-state index contributed by atoms with van der Waals surface area (Å²) in [6, 6.07) is 13.3. The number of aromatic nitrogens is 2. The van der Waals surface area contributed by atoms with Crippen LogP contribution in [-0.4, -0.2) is 34.1 Å². The van der Waals surface area contributed by atoms with Gasteiger partial charge in [-0.2, -0.15) is 4.98 Å². The molecule has 0 N–H and O–H groups in total. The molecule has 2 aromatic carbocycles. The predicted octanol–water partition coefficient (Wildman–Crippen LogP) is 4.18. The van der Waals surface area contributed by atoms with Gasteiger partial charge in [0.05, 0.1) is 13.0 Å². The van der Waals surface area contributed by atoms with Crippen LogP contribution in [0, 0.1) is 5.82 Å². The molecule has 1 fully saturated rings. The molecule has 0 aliphatic carbocycles. The highest BCUT2D eigenvalue weighted by Crippen LogP contribution is 2.32. The molecule has 1 saturated heterocycles. The van der Waals surface area contributed by atoms with E-state index in [0.29, 0.717) is 36.9 Å². The summed E-state index contributed by atoms with van der Waals surface area (Å²) < 4.78 is 24.0. The number of carbonyl (C=O) groups is 1. The number of ether oxygens (including phenoxy) is 1. The number of hydrogen-bond acceptors (Lipinski definition) is 5. The Labute approximate surface area is 168 Å². The Hall–Kier alpha value is -3.22. The number of carbonyl (C=O) groups excluding carboxylic acids is 1. The Morgan fingerprint density at radius 2 is 1.97 bits per heavy atom. The van der Waals surface area contributed by atoms with E-state index >= 15 is 0 Å². The summed E-state index contributed by atoms with van der Waals surface area (Å²) in [6.07, 6.45) is 1.97. The van der Waals surface area contributed by atoms with Gasteiger partial charge in [-0.25, -0.2) is 4.39 Å². The molecule has 0 saturated carbocycles. The molecule has 0 spiro atoms. The zero-order chi connectivity index (χ0) is 20.2. The quantitative estimate of drug-likeness (QED) is 0.626. The van der Waals surface area contributed by atoms with Crippen LogP contribution in [0.25, 0.3) is 11.4 Å². The Balaban J connectivity index is 1.46. The summed E-state index contributed by atoms with van der Waals surface area (Å²) in [7, 11) is 0. The summed E-state index contributed by atoms with van der Waals surface area (Å²) in [5.41, 5.74) is 1.60. The SMILES string of the molecule is CCOc1ccc(CC(=O)N2CCC[C@H]2c2nc(-c3ccc(F)cc3)no2)cc1. The fourth-order valence-electron chi connectivity index (χ4n) is 3.56. The molecule has 1 amide bonds. The van der Waals surface area contributed by atoms with E-state index in [2.05, 4.69) is 10.1 Å². The zero-order valence-corrected chi connectivity index (χ0v) is 16.2. The molecule has 2 heterocycles. The summed E-state index contributed by atoms with van der Waals surface area (Å²) in [4.78, 5) is 19.1. The van der Waals surface area contributed by atoms with E-state index in [1.807, 2.05) is 31.2 Å². The standard InChI is InChI=1S/C22H22FN3O3/c1-2-28-18-11-5-15(6-12-18)14-20(27)26-13-3-4-19(26)22-24-21(25-29-22)16-7-9-17(23)10-8-16/h5-12,19H,2-4,13-14H2,1H3/t19-/m0/s1. The third kappa shape index (κ3) is 4.29. The molecule has 0 unspecified atom stereocenters. The van der Waals surface area contributed by atoms with Crippen molar-refractivity contribution in [1.82, 2.24) is 15.0 Å². The maximum Gasteiger partial charge on any atom is 0.249 e. The molecule has 1 aliphatic rings. The highest BCUT2D eigenvalue weighted by molar-refractivity contribution is 5.79. The molecule has 150 valence electrons. The first-order valence-electron chi connectivity index (χ1n) is 9.75. The van der Waals surface area contributed by atoms with Crippen molar-refractivity contribution in [3.05, 3.63) is 65.8 Å². The summed E-state index contributed by atoms with van der Waals surface area (Å²) in [5.74, 6) is 1.31. The Morgan fingerprint density at radius 3 is 2.69 bits per heavy atom. The second kappa shape index (κ2) is 8.43. The normalized spacial score (nSPS) is 16.2. The first-order chi connectivity index (χ1) is 14.1. The maximum absolute atomic E-state index is 13.1. The van der Waals surface area contributed by atoms with E-state index < -0.39 is 0 Å². The number of likely N-dealkylation sites (tertiary alicyclic amines) is 1. The summed E-state index contributed by atoms with van der Waals surface area (Å²) >= 11 is 0. The van der Waals surface area contributed by atoms with Gasteiger partial charge < -0.3 is 14.2 Å². The fourth-order valence-corrected chi connectivity index (χ4v) is 3.56. The lowest BCUT2D eigenvalue weighted by Gasteiger charge is -2.22. The second-order valence-electron chi connectivity index (χ2n) is 6.96. The van der Waals surface area contributed by atoms with Crippen molar-refractivity contribution in [2.24, 2.45) is 0 Å². The van der Waals surface area contributed by atoms with Crippen molar-refractivity contribution in [1.29, 1.82) is 0 Å². The molecule has 7 heteroatoms. The third-order valence-corrected chi connectivity index (χ3v) is 4.99. The van der Waals surface area contributed by atoms with E-state index in [1.165, 1.54) is 12.1 Å². The molecular weight excluding hydrogens is 373 g/mol. The summed E-state index contributed by atoms with van der Waals surface area (Å²) in [5, 5.41) is 4.01. The van der Waals surface area contributed by atoms with Crippen LogP contribution in [-0.2, 0) is 11.2 Å². The molecule has 4 rings (SSSR count). The minimum absolute atomic E-state index is 0.0261. The minimum atomic E-state index is -0.320. The average Bonchev–Trinajstić information content (AvgIpc) is 3.40. The molecular formula is C22H22FN3O3. The Kier molecular flexibility index (Phi) is 5.55. The van der Waals surface area contributed by atoms with E-state index in [-0.39, 0.29) is 17.8 Å². The van der Waals surface area contributed by atoms with Crippen LogP contribution < -0.4 is 4.74 Å². The summed E-state index contributed by atoms with van der Waals surface area (Å²) in [6.45, 7) is 3.20. The van der Waals surface area contributed by atoms with Gasteiger partial charge in [0.25, 0.3) is 0 Å². The third-order valence-electron chi connectivity index (χ3n) is 4.99. The van der Waals surface area contributed by atoms with Crippen molar-refractivity contribution < 1.29 is 18.4 Å². The van der Waals surface area contributed by atoms with Gasteiger partial charge >= 0.3 is 0 Å². The molecule has 0 radical (unpaired) electrons. The van der Waals surface area contributed by atoms with Crippen molar-refractivity contribution in [2.45, 2.75) is 32.2 Å². The highest BCUT2D eigenvalue weighted by Gasteiger charge is 2.34. The van der Waals surface area contributed by atoms with Gasteiger partial charge in [-0.05, 0) is 61.7 Å². The smallest absolute Gasteiger partial charge is 0.249 e. The van der Waals surface area contributed by atoms with Gasteiger partial charge in [0, 0.05) is 12.1 Å². The van der Waals surface area contributed by atoms with Gasteiger partial charge in [0.2, 0.25) is 17.6 Å². The second-order valence-corrected chi connectivity index (χ2v) is 6.96. The number of amides is 1. The molecule has 3 aromatic rings. The number of hydrogen-bond donors (Lipinski definition) is 0. The average molecular weight is 395 g/mol. The fraction of sp³-hybridized carbons (Fsp3) is 0.318. The van der Waals surface area contributed by atoms with E-state index in [4.69, 9.17) is 9.26 Å². The number of halogens is 1. The molecule has 6 nitrogen and oxygen atoms in total. The van der Waals surface area contributed by atoms with Gasteiger partial charge in [-0.15, -0.1) is 0 Å². The van der Waals surface area contributed by atoms with Crippen molar-refractivity contribution in [3.8, 4) is 17.1 Å². The largest absolute Gasteiger partial charge is 0.494 e. The number of nitrogens with zero attached hydrogens (tertiary/aromatic N) is 3. The van der Waals surface area contributed by atoms with Gasteiger partial charge in [0.1, 0.15) is 17.6 Å². The van der Waals surface area contributed by atoms with Gasteiger partial charge in [-0.3, -0.25) is 4.79 Å². The van der Waals surface area contributed by atoms with Crippen LogP contribution in [0.15, 0.2) is 53.1 Å². The molecule has 1 atom stereocenters. The highest BCUT2D eigenvalue weighted by atomic mass is 19.1. The van der Waals surface area contributed by atoms with Crippen LogP contribution in [0.2, 0.25) is 0 Å². The first-order valence-corrected chi connectivity index (χ1v) is 9.75. The van der Waals surface area contributed by atoms with Crippen molar-refractivity contribution >= 4 is 5.91 Å². The van der Waals surface area contributed by atoms with Gasteiger partial charge in [0.15, 0.2) is 0 Å². The van der Waals surface area contributed by atoms with Crippen LogP contribution in [0.1, 0.15) is 37.3 Å².